The van der Waals surface area contributed by atoms with Crippen LogP contribution in [0.25, 0.3) is 0 Å². The van der Waals surface area contributed by atoms with Crippen molar-refractivity contribution in [1.29, 1.82) is 0 Å². The monoisotopic (exact) mass is 512 g/mol. The van der Waals surface area contributed by atoms with Gasteiger partial charge in [0.1, 0.15) is 5.82 Å². The summed E-state index contributed by atoms with van der Waals surface area (Å²) in [6.45, 7) is 3.33. The highest BCUT2D eigenvalue weighted by atomic mass is 127. The molecule has 6 nitrogen and oxygen atoms in total. The molecule has 0 atom stereocenters. The lowest BCUT2D eigenvalue weighted by Crippen LogP contribution is -2.42. The number of nitrogens with one attached hydrogen (secondary N) is 2. The molecule has 0 aliphatic heterocycles. The van der Waals surface area contributed by atoms with Gasteiger partial charge in [-0.1, -0.05) is 18.2 Å². The van der Waals surface area contributed by atoms with Crippen molar-refractivity contribution in [3.05, 3.63) is 35.6 Å². The Morgan fingerprint density at radius 2 is 1.96 bits per heavy atom. The van der Waals surface area contributed by atoms with Crippen LogP contribution >= 0.6 is 24.0 Å². The summed E-state index contributed by atoms with van der Waals surface area (Å²) in [5.74, 6) is 0.599. The first kappa shape index (κ1) is 24.1. The highest BCUT2D eigenvalue weighted by molar-refractivity contribution is 14.0. The third-order valence-electron chi connectivity index (χ3n) is 4.90. The van der Waals surface area contributed by atoms with Crippen LogP contribution in [0.2, 0.25) is 0 Å². The van der Waals surface area contributed by atoms with Crippen LogP contribution in [0.3, 0.4) is 0 Å². The molecule has 154 valence electrons. The molecule has 9 heteroatoms. The molecule has 0 amide bonds. The SMILES string of the molecule is CCS(=O)(=O)N(C)CCCNC(=NC)NCC1(c2ccccc2F)CC1.I. The Balaban J connectivity index is 0.00000364. The van der Waals surface area contributed by atoms with Crippen molar-refractivity contribution in [3.63, 3.8) is 0 Å². The topological polar surface area (TPSA) is 73.8 Å². The van der Waals surface area contributed by atoms with Crippen LogP contribution in [0.1, 0.15) is 31.7 Å². The van der Waals surface area contributed by atoms with Gasteiger partial charge >= 0.3 is 0 Å². The minimum Gasteiger partial charge on any atom is -0.356 e. The smallest absolute Gasteiger partial charge is 0.213 e. The third-order valence-corrected chi connectivity index (χ3v) is 6.76. The second-order valence-electron chi connectivity index (χ2n) is 6.69. The maximum atomic E-state index is 14.1. The molecule has 27 heavy (non-hydrogen) atoms. The van der Waals surface area contributed by atoms with Crippen LogP contribution in [0.15, 0.2) is 29.3 Å². The largest absolute Gasteiger partial charge is 0.356 e. The van der Waals surface area contributed by atoms with Gasteiger partial charge in [-0.05, 0) is 37.8 Å². The maximum absolute atomic E-state index is 14.1. The van der Waals surface area contributed by atoms with Crippen molar-refractivity contribution in [2.24, 2.45) is 4.99 Å². The van der Waals surface area contributed by atoms with Crippen LogP contribution in [0.4, 0.5) is 4.39 Å². The quantitative estimate of drug-likeness (QED) is 0.231. The molecule has 0 spiro atoms. The molecule has 0 radical (unpaired) electrons. The third kappa shape index (κ3) is 6.56. The van der Waals surface area contributed by atoms with Crippen molar-refractivity contribution >= 4 is 40.0 Å². The Morgan fingerprint density at radius 1 is 1.30 bits per heavy atom. The molecule has 1 saturated carbocycles. The van der Waals surface area contributed by atoms with Crippen molar-refractivity contribution < 1.29 is 12.8 Å². The summed E-state index contributed by atoms with van der Waals surface area (Å²) in [5, 5.41) is 6.45. The highest BCUT2D eigenvalue weighted by Gasteiger charge is 2.45. The summed E-state index contributed by atoms with van der Waals surface area (Å²) in [6, 6.07) is 6.93. The first-order chi connectivity index (χ1) is 12.3. The fourth-order valence-corrected chi connectivity index (χ4v) is 3.77. The standard InChI is InChI=1S/C18H29FN4O2S.HI/c1-4-26(24,25)23(3)13-7-12-21-17(20-2)22-14-18(10-11-18)15-8-5-6-9-16(15)19;/h5-6,8-9H,4,7,10-14H2,1-3H3,(H2,20,21,22);1H. The highest BCUT2D eigenvalue weighted by Crippen LogP contribution is 2.48. The lowest BCUT2D eigenvalue weighted by Gasteiger charge is -2.20. The summed E-state index contributed by atoms with van der Waals surface area (Å²) < 4.78 is 38.8. The molecule has 1 fully saturated rings. The van der Waals surface area contributed by atoms with Gasteiger partial charge in [0.25, 0.3) is 0 Å². The van der Waals surface area contributed by atoms with Crippen molar-refractivity contribution in [2.45, 2.75) is 31.6 Å². The second kappa shape index (κ2) is 10.6. The molecular formula is C18H30FIN4O2S. The van der Waals surface area contributed by atoms with E-state index >= 15 is 0 Å². The van der Waals surface area contributed by atoms with E-state index in [4.69, 9.17) is 0 Å². The van der Waals surface area contributed by atoms with E-state index in [-0.39, 0.29) is 41.0 Å². The Hall–Kier alpha value is -0.940. The number of sulfonamides is 1. The minimum atomic E-state index is -3.14. The molecule has 0 unspecified atom stereocenters. The summed E-state index contributed by atoms with van der Waals surface area (Å²) >= 11 is 0. The van der Waals surface area contributed by atoms with Crippen molar-refractivity contribution in [2.75, 3.05) is 39.5 Å². The molecule has 1 aliphatic rings. The maximum Gasteiger partial charge on any atom is 0.213 e. The van der Waals surface area contributed by atoms with Crippen molar-refractivity contribution in [3.8, 4) is 0 Å². The fraction of sp³-hybridized carbons (Fsp3) is 0.611. The van der Waals surface area contributed by atoms with E-state index in [0.29, 0.717) is 32.0 Å². The van der Waals surface area contributed by atoms with Crippen LogP contribution in [-0.2, 0) is 15.4 Å². The molecule has 0 heterocycles. The zero-order valence-electron chi connectivity index (χ0n) is 16.2. The Bertz CT molecular complexity index is 739. The first-order valence-corrected chi connectivity index (χ1v) is 10.6. The number of hydrogen-bond donors (Lipinski definition) is 2. The number of guanidine groups is 1. The van der Waals surface area contributed by atoms with Gasteiger partial charge in [0.15, 0.2) is 5.96 Å². The number of aliphatic imine (C=N–C) groups is 1. The van der Waals surface area contributed by atoms with Crippen LogP contribution in [0.5, 0.6) is 0 Å². The van der Waals surface area contributed by atoms with Gasteiger partial charge in [0, 0.05) is 39.1 Å². The molecule has 0 saturated heterocycles. The Kier molecular flexibility index (Phi) is 9.43. The first-order valence-electron chi connectivity index (χ1n) is 8.98. The van der Waals surface area contributed by atoms with Crippen LogP contribution < -0.4 is 10.6 Å². The molecule has 0 bridgehead atoms. The molecule has 2 N–H and O–H groups in total. The van der Waals surface area contributed by atoms with Gasteiger partial charge in [-0.2, -0.15) is 0 Å². The molecule has 2 rings (SSSR count). The van der Waals surface area contributed by atoms with Crippen LogP contribution in [0, 0.1) is 5.82 Å². The lowest BCUT2D eigenvalue weighted by molar-refractivity contribution is 0.461. The van der Waals surface area contributed by atoms with E-state index in [1.54, 1.807) is 27.1 Å². The van der Waals surface area contributed by atoms with E-state index in [2.05, 4.69) is 15.6 Å². The van der Waals surface area contributed by atoms with Gasteiger partial charge in [-0.25, -0.2) is 17.1 Å². The normalized spacial score (nSPS) is 16.0. The van der Waals surface area contributed by atoms with E-state index in [9.17, 15) is 12.8 Å². The number of hydrogen-bond acceptors (Lipinski definition) is 3. The molecular weight excluding hydrogens is 482 g/mol. The van der Waals surface area contributed by atoms with Crippen LogP contribution in [-0.4, -0.2) is 58.2 Å². The number of halogens is 2. The molecule has 1 aliphatic carbocycles. The number of benzene rings is 1. The molecule has 1 aromatic rings. The van der Waals surface area contributed by atoms with E-state index in [0.717, 1.165) is 18.4 Å². The van der Waals surface area contributed by atoms with Crippen molar-refractivity contribution in [1.82, 2.24) is 14.9 Å². The fourth-order valence-electron chi connectivity index (χ4n) is 2.93. The summed E-state index contributed by atoms with van der Waals surface area (Å²) in [5.41, 5.74) is 0.604. The predicted octanol–water partition coefficient (Wildman–Crippen LogP) is 2.31. The molecule has 0 aromatic heterocycles. The Morgan fingerprint density at radius 3 is 2.52 bits per heavy atom. The lowest BCUT2D eigenvalue weighted by atomic mass is 9.95. The summed E-state index contributed by atoms with van der Waals surface area (Å²) in [4.78, 5) is 4.19. The summed E-state index contributed by atoms with van der Waals surface area (Å²) in [7, 11) is 0.144. The van der Waals surface area contributed by atoms with Gasteiger partial charge in [0.2, 0.25) is 10.0 Å². The van der Waals surface area contributed by atoms with Gasteiger partial charge < -0.3 is 10.6 Å². The van der Waals surface area contributed by atoms with E-state index < -0.39 is 10.0 Å². The zero-order chi connectivity index (χ0) is 19.2. The average Bonchev–Trinajstić information content (AvgIpc) is 3.42. The second-order valence-corrected chi connectivity index (χ2v) is 9.05. The number of rotatable bonds is 9. The van der Waals surface area contributed by atoms with Gasteiger partial charge in [-0.3, -0.25) is 4.99 Å². The predicted molar refractivity (Wildman–Crippen MR) is 119 cm³/mol. The average molecular weight is 512 g/mol. The van der Waals surface area contributed by atoms with Gasteiger partial charge in [0.05, 0.1) is 5.75 Å². The minimum absolute atomic E-state index is 0. The van der Waals surface area contributed by atoms with E-state index in [1.807, 2.05) is 12.1 Å². The Labute approximate surface area is 179 Å². The number of nitrogens with zero attached hydrogens (tertiary/aromatic N) is 2. The zero-order valence-corrected chi connectivity index (χ0v) is 19.3. The van der Waals surface area contributed by atoms with Gasteiger partial charge in [-0.15, -0.1) is 24.0 Å². The van der Waals surface area contributed by atoms with E-state index in [1.165, 1.54) is 10.4 Å². The summed E-state index contributed by atoms with van der Waals surface area (Å²) in [6.07, 6.45) is 2.59. The molecule has 1 aromatic carbocycles.